The van der Waals surface area contributed by atoms with Crippen LogP contribution in [0.1, 0.15) is 28.2 Å². The van der Waals surface area contributed by atoms with Crippen molar-refractivity contribution in [3.63, 3.8) is 0 Å². The Labute approximate surface area is 177 Å². The molecule has 1 aliphatic carbocycles. The van der Waals surface area contributed by atoms with Gasteiger partial charge in [-0.15, -0.1) is 11.3 Å². The van der Waals surface area contributed by atoms with Crippen LogP contribution in [0, 0.1) is 11.3 Å². The van der Waals surface area contributed by atoms with Gasteiger partial charge in [-0.25, -0.2) is 4.79 Å². The zero-order valence-electron chi connectivity index (χ0n) is 16.3. The van der Waals surface area contributed by atoms with Crippen LogP contribution in [-0.4, -0.2) is 49.3 Å². The summed E-state index contributed by atoms with van der Waals surface area (Å²) in [7, 11) is 0. The molecule has 2 aromatic heterocycles. The molecule has 9 heteroatoms. The van der Waals surface area contributed by atoms with Crippen LogP contribution in [0.5, 0.6) is 0 Å². The van der Waals surface area contributed by atoms with Crippen molar-refractivity contribution >= 4 is 34.4 Å². The first-order chi connectivity index (χ1) is 14.6. The molecule has 1 aliphatic heterocycles. The zero-order chi connectivity index (χ0) is 20.9. The molecule has 0 saturated carbocycles. The Morgan fingerprint density at radius 1 is 1.37 bits per heavy atom. The average molecular weight is 427 g/mol. The van der Waals surface area contributed by atoms with E-state index in [1.165, 1.54) is 23.7 Å². The molecular formula is C21H21N3O5S. The maximum absolute atomic E-state index is 12.3. The minimum atomic E-state index is -0.336. The molecule has 8 nitrogen and oxygen atoms in total. The van der Waals surface area contributed by atoms with E-state index in [1.807, 2.05) is 0 Å². The number of nitrogens with one attached hydrogen (secondary N) is 1. The van der Waals surface area contributed by atoms with Gasteiger partial charge in [-0.2, -0.15) is 5.26 Å². The van der Waals surface area contributed by atoms with Crippen molar-refractivity contribution in [2.75, 3.05) is 31.6 Å². The zero-order valence-corrected chi connectivity index (χ0v) is 17.1. The molecule has 156 valence electrons. The molecule has 2 amide bonds. The molecule has 2 aliphatic rings. The Kier molecular flexibility index (Phi) is 6.16. The second-order valence-electron chi connectivity index (χ2n) is 7.01. The summed E-state index contributed by atoms with van der Waals surface area (Å²) in [4.78, 5) is 27.2. The van der Waals surface area contributed by atoms with Crippen LogP contribution in [0.3, 0.4) is 0 Å². The van der Waals surface area contributed by atoms with E-state index in [0.717, 1.165) is 10.4 Å². The summed E-state index contributed by atoms with van der Waals surface area (Å²) in [6.45, 7) is 2.13. The first-order valence-electron chi connectivity index (χ1n) is 9.74. The van der Waals surface area contributed by atoms with Gasteiger partial charge in [0.2, 0.25) is 5.91 Å². The number of anilines is 1. The molecule has 1 N–H and O–H groups in total. The minimum absolute atomic E-state index is 0.236. The van der Waals surface area contributed by atoms with Crippen LogP contribution >= 0.6 is 11.3 Å². The van der Waals surface area contributed by atoms with Crippen LogP contribution in [-0.2, 0) is 27.1 Å². The summed E-state index contributed by atoms with van der Waals surface area (Å²) in [6, 6.07) is 5.69. The van der Waals surface area contributed by atoms with Crippen LogP contribution in [0.4, 0.5) is 9.80 Å². The van der Waals surface area contributed by atoms with Crippen molar-refractivity contribution in [3.8, 4) is 6.07 Å². The van der Waals surface area contributed by atoms with Crippen molar-refractivity contribution < 1.29 is 23.5 Å². The number of ether oxygens (including phenoxy) is 2. The number of morpholine rings is 1. The molecular weight excluding hydrogens is 406 g/mol. The van der Waals surface area contributed by atoms with Gasteiger partial charge in [0, 0.05) is 30.5 Å². The number of carbonyl (C=O) groups is 2. The van der Waals surface area contributed by atoms with Gasteiger partial charge in [-0.05, 0) is 36.6 Å². The lowest BCUT2D eigenvalue weighted by molar-refractivity contribution is -0.111. The number of hydrogen-bond acceptors (Lipinski definition) is 7. The highest BCUT2D eigenvalue weighted by Crippen LogP contribution is 2.38. The average Bonchev–Trinajstić information content (AvgIpc) is 3.39. The van der Waals surface area contributed by atoms with Gasteiger partial charge in [0.05, 0.1) is 25.0 Å². The minimum Gasteiger partial charge on any atom is -0.465 e. The number of amides is 2. The van der Waals surface area contributed by atoms with Crippen LogP contribution in [0.15, 0.2) is 28.9 Å². The van der Waals surface area contributed by atoms with E-state index in [2.05, 4.69) is 11.4 Å². The summed E-state index contributed by atoms with van der Waals surface area (Å²) in [5.41, 5.74) is 1.43. The SMILES string of the molecule is N#Cc1c(NC(=O)C=Cc2ccco2)sc2c1CCC(OC(=O)N1CCOCC1)C2. The number of hydrogen-bond donors (Lipinski definition) is 1. The van der Waals surface area contributed by atoms with Crippen LogP contribution < -0.4 is 5.32 Å². The Hall–Kier alpha value is -3.09. The van der Waals surface area contributed by atoms with Gasteiger partial charge in [0.1, 0.15) is 22.9 Å². The third kappa shape index (κ3) is 4.56. The maximum atomic E-state index is 12.3. The van der Waals surface area contributed by atoms with Crippen molar-refractivity contribution in [1.29, 1.82) is 5.26 Å². The van der Waals surface area contributed by atoms with E-state index in [9.17, 15) is 14.9 Å². The van der Waals surface area contributed by atoms with E-state index in [0.29, 0.717) is 61.9 Å². The molecule has 0 aromatic carbocycles. The molecule has 30 heavy (non-hydrogen) atoms. The lowest BCUT2D eigenvalue weighted by Gasteiger charge is -2.29. The number of fused-ring (bicyclic) bond motifs is 1. The highest BCUT2D eigenvalue weighted by molar-refractivity contribution is 7.16. The number of thiophene rings is 1. The first-order valence-corrected chi connectivity index (χ1v) is 10.6. The highest BCUT2D eigenvalue weighted by Gasteiger charge is 2.30. The van der Waals surface area contributed by atoms with Crippen molar-refractivity contribution in [1.82, 2.24) is 4.90 Å². The molecule has 0 spiro atoms. The van der Waals surface area contributed by atoms with Gasteiger partial charge >= 0.3 is 6.09 Å². The molecule has 1 atom stereocenters. The van der Waals surface area contributed by atoms with Gasteiger partial charge in [0.25, 0.3) is 0 Å². The summed E-state index contributed by atoms with van der Waals surface area (Å²) < 4.78 is 16.1. The number of rotatable bonds is 4. The predicted octanol–water partition coefficient (Wildman–Crippen LogP) is 3.19. The Morgan fingerprint density at radius 3 is 2.93 bits per heavy atom. The van der Waals surface area contributed by atoms with Gasteiger partial charge in [-0.3, -0.25) is 4.79 Å². The number of carbonyl (C=O) groups excluding carboxylic acids is 2. The van der Waals surface area contributed by atoms with E-state index in [1.54, 1.807) is 23.1 Å². The molecule has 2 aromatic rings. The topological polar surface area (TPSA) is 105 Å². The Morgan fingerprint density at radius 2 is 2.20 bits per heavy atom. The van der Waals surface area contributed by atoms with Crippen molar-refractivity contribution in [2.24, 2.45) is 0 Å². The third-order valence-electron chi connectivity index (χ3n) is 5.05. The Bertz CT molecular complexity index is 983. The molecule has 4 rings (SSSR count). The standard InChI is InChI=1S/C21H21N3O5S/c22-13-17-16-5-3-15(29-21(26)24-7-10-27-11-8-24)12-18(16)30-20(17)23-19(25)6-4-14-2-1-9-28-14/h1-2,4,6,9,15H,3,5,7-8,10-12H2,(H,23,25). The smallest absolute Gasteiger partial charge is 0.410 e. The fourth-order valence-corrected chi connectivity index (χ4v) is 4.79. The Balaban J connectivity index is 1.41. The summed E-state index contributed by atoms with van der Waals surface area (Å²) >= 11 is 1.37. The fourth-order valence-electron chi connectivity index (χ4n) is 3.52. The number of furan rings is 1. The number of nitriles is 1. The van der Waals surface area contributed by atoms with Gasteiger partial charge < -0.3 is 24.1 Å². The lowest BCUT2D eigenvalue weighted by Crippen LogP contribution is -2.42. The summed E-state index contributed by atoms with van der Waals surface area (Å²) in [5, 5.41) is 12.9. The normalized spacial score (nSPS) is 18.6. The quantitative estimate of drug-likeness (QED) is 0.752. The molecule has 3 heterocycles. The highest BCUT2D eigenvalue weighted by atomic mass is 32.1. The molecule has 1 saturated heterocycles. The van der Waals surface area contributed by atoms with Crippen LogP contribution in [0.25, 0.3) is 6.08 Å². The predicted molar refractivity (Wildman–Crippen MR) is 110 cm³/mol. The summed E-state index contributed by atoms with van der Waals surface area (Å²) in [5.74, 6) is 0.234. The van der Waals surface area contributed by atoms with E-state index < -0.39 is 0 Å². The maximum Gasteiger partial charge on any atom is 0.410 e. The molecule has 1 unspecified atom stereocenters. The summed E-state index contributed by atoms with van der Waals surface area (Å²) in [6.07, 6.45) is 5.74. The van der Waals surface area contributed by atoms with Crippen molar-refractivity contribution in [3.05, 3.63) is 46.2 Å². The molecule has 0 radical (unpaired) electrons. The monoisotopic (exact) mass is 427 g/mol. The van der Waals surface area contributed by atoms with E-state index in [4.69, 9.17) is 13.9 Å². The van der Waals surface area contributed by atoms with Gasteiger partial charge in [0.15, 0.2) is 0 Å². The van der Waals surface area contributed by atoms with E-state index in [-0.39, 0.29) is 18.1 Å². The van der Waals surface area contributed by atoms with Crippen LogP contribution in [0.2, 0.25) is 0 Å². The second kappa shape index (κ2) is 9.15. The first kappa shape index (κ1) is 20.2. The van der Waals surface area contributed by atoms with Crippen molar-refractivity contribution in [2.45, 2.75) is 25.4 Å². The molecule has 1 fully saturated rings. The van der Waals surface area contributed by atoms with E-state index >= 15 is 0 Å². The van der Waals surface area contributed by atoms with Gasteiger partial charge in [-0.1, -0.05) is 0 Å². The molecule has 0 bridgehead atoms. The second-order valence-corrected chi connectivity index (χ2v) is 8.11. The largest absolute Gasteiger partial charge is 0.465 e. The lowest BCUT2D eigenvalue weighted by atomic mass is 9.94. The number of nitrogens with zero attached hydrogens (tertiary/aromatic N) is 2. The fraction of sp³-hybridized carbons (Fsp3) is 0.381. The third-order valence-corrected chi connectivity index (χ3v) is 6.22.